The predicted octanol–water partition coefficient (Wildman–Crippen LogP) is 4.20. The van der Waals surface area contributed by atoms with E-state index in [9.17, 15) is 4.79 Å². The van der Waals surface area contributed by atoms with E-state index in [4.69, 9.17) is 9.47 Å². The molecule has 2 rings (SSSR count). The number of aromatic nitrogens is 1. The second-order valence-electron chi connectivity index (χ2n) is 5.18. The molecular weight excluding hydrogens is 310 g/mol. The van der Waals surface area contributed by atoms with E-state index in [-0.39, 0.29) is 6.09 Å². The van der Waals surface area contributed by atoms with Crippen LogP contribution in [0.1, 0.15) is 20.8 Å². The van der Waals surface area contributed by atoms with Crippen molar-refractivity contribution < 1.29 is 14.3 Å². The number of nitrogens with zero attached hydrogens (tertiary/aromatic N) is 1. The summed E-state index contributed by atoms with van der Waals surface area (Å²) in [5.41, 5.74) is 0.263. The van der Waals surface area contributed by atoms with Gasteiger partial charge in [0.05, 0.1) is 17.1 Å². The lowest BCUT2D eigenvalue weighted by Crippen LogP contribution is -2.26. The Kier molecular flexibility index (Phi) is 3.58. The standard InChI is InChI=1S/C14H16BrNO3/c1-14(2,3)19-13(17)16-8-7-9-10(16)5-6-11(18-4)12(9)15/h5-8H,1-4H3. The first-order valence-electron chi connectivity index (χ1n) is 5.90. The van der Waals surface area contributed by atoms with Gasteiger partial charge in [-0.05, 0) is 54.9 Å². The van der Waals surface area contributed by atoms with E-state index in [1.165, 1.54) is 4.57 Å². The molecule has 0 N–H and O–H groups in total. The number of rotatable bonds is 1. The molecule has 5 heteroatoms. The molecule has 0 amide bonds. The zero-order valence-corrected chi connectivity index (χ0v) is 12.9. The van der Waals surface area contributed by atoms with Gasteiger partial charge in [0.1, 0.15) is 11.4 Å². The van der Waals surface area contributed by atoms with E-state index in [0.29, 0.717) is 0 Å². The summed E-state index contributed by atoms with van der Waals surface area (Å²) in [7, 11) is 1.61. The van der Waals surface area contributed by atoms with Gasteiger partial charge in [0.15, 0.2) is 0 Å². The van der Waals surface area contributed by atoms with E-state index in [0.717, 1.165) is 21.1 Å². The molecule has 0 aliphatic rings. The van der Waals surface area contributed by atoms with Crippen LogP contribution >= 0.6 is 15.9 Å². The average Bonchev–Trinajstić information content (AvgIpc) is 2.72. The molecule has 4 nitrogen and oxygen atoms in total. The number of halogens is 1. The van der Waals surface area contributed by atoms with Gasteiger partial charge in [0.2, 0.25) is 0 Å². The van der Waals surface area contributed by atoms with Crippen LogP contribution in [0.25, 0.3) is 10.9 Å². The lowest BCUT2D eigenvalue weighted by molar-refractivity contribution is 0.0544. The van der Waals surface area contributed by atoms with E-state index in [1.807, 2.05) is 39.0 Å². The Hall–Kier alpha value is -1.49. The van der Waals surface area contributed by atoms with Crippen molar-refractivity contribution in [3.05, 3.63) is 28.9 Å². The number of hydrogen-bond acceptors (Lipinski definition) is 3. The van der Waals surface area contributed by atoms with Crippen molar-refractivity contribution in [3.8, 4) is 5.75 Å². The van der Waals surface area contributed by atoms with E-state index < -0.39 is 5.60 Å². The van der Waals surface area contributed by atoms with Gasteiger partial charge in [-0.1, -0.05) is 0 Å². The van der Waals surface area contributed by atoms with Crippen LogP contribution in [0, 0.1) is 0 Å². The highest BCUT2D eigenvalue weighted by molar-refractivity contribution is 9.10. The molecule has 19 heavy (non-hydrogen) atoms. The average molecular weight is 326 g/mol. The molecule has 0 atom stereocenters. The summed E-state index contributed by atoms with van der Waals surface area (Å²) in [6, 6.07) is 5.50. The largest absolute Gasteiger partial charge is 0.496 e. The third kappa shape index (κ3) is 2.76. The molecule has 0 fully saturated rings. The molecule has 2 aromatic rings. The molecular formula is C14H16BrNO3. The van der Waals surface area contributed by atoms with Crippen molar-refractivity contribution >= 4 is 32.9 Å². The van der Waals surface area contributed by atoms with Gasteiger partial charge in [-0.3, -0.25) is 4.57 Å². The van der Waals surface area contributed by atoms with Crippen molar-refractivity contribution in [2.45, 2.75) is 26.4 Å². The number of hydrogen-bond donors (Lipinski definition) is 0. The zero-order chi connectivity index (χ0) is 14.2. The van der Waals surface area contributed by atoms with Crippen LogP contribution in [-0.2, 0) is 4.74 Å². The summed E-state index contributed by atoms with van der Waals surface area (Å²) in [4.78, 5) is 12.1. The molecule has 0 saturated heterocycles. The SMILES string of the molecule is COc1ccc2c(ccn2C(=O)OC(C)(C)C)c1Br. The fourth-order valence-electron chi connectivity index (χ4n) is 1.79. The smallest absolute Gasteiger partial charge is 0.418 e. The maximum Gasteiger partial charge on any atom is 0.418 e. The van der Waals surface area contributed by atoms with Crippen LogP contribution in [-0.4, -0.2) is 23.4 Å². The van der Waals surface area contributed by atoms with Gasteiger partial charge >= 0.3 is 6.09 Å². The Morgan fingerprint density at radius 1 is 1.26 bits per heavy atom. The molecule has 1 heterocycles. The van der Waals surface area contributed by atoms with E-state index >= 15 is 0 Å². The molecule has 0 aliphatic carbocycles. The predicted molar refractivity (Wildman–Crippen MR) is 77.8 cm³/mol. The fourth-order valence-corrected chi connectivity index (χ4v) is 2.42. The summed E-state index contributed by atoms with van der Waals surface area (Å²) >= 11 is 3.48. The topological polar surface area (TPSA) is 40.5 Å². The Labute approximate surface area is 120 Å². The lowest BCUT2D eigenvalue weighted by atomic mass is 10.2. The van der Waals surface area contributed by atoms with Crippen LogP contribution in [0.2, 0.25) is 0 Å². The molecule has 0 saturated carbocycles. The minimum Gasteiger partial charge on any atom is -0.496 e. The third-order valence-corrected chi connectivity index (χ3v) is 3.40. The molecule has 0 bridgehead atoms. The number of ether oxygens (including phenoxy) is 2. The van der Waals surface area contributed by atoms with Crippen LogP contribution in [0.3, 0.4) is 0 Å². The molecule has 0 spiro atoms. The van der Waals surface area contributed by atoms with Crippen LogP contribution in [0.15, 0.2) is 28.9 Å². The highest BCUT2D eigenvalue weighted by atomic mass is 79.9. The van der Waals surface area contributed by atoms with Crippen molar-refractivity contribution in [2.75, 3.05) is 7.11 Å². The maximum absolute atomic E-state index is 12.1. The summed E-state index contributed by atoms with van der Waals surface area (Å²) in [6.07, 6.45) is 1.31. The monoisotopic (exact) mass is 325 g/mol. The van der Waals surface area contributed by atoms with Crippen molar-refractivity contribution in [3.63, 3.8) is 0 Å². The van der Waals surface area contributed by atoms with Crippen LogP contribution < -0.4 is 4.74 Å². The highest BCUT2D eigenvalue weighted by Gasteiger charge is 2.20. The second-order valence-corrected chi connectivity index (χ2v) is 5.97. The first-order chi connectivity index (χ1) is 8.83. The Morgan fingerprint density at radius 3 is 2.53 bits per heavy atom. The quantitative estimate of drug-likeness (QED) is 0.789. The fraction of sp³-hybridized carbons (Fsp3) is 0.357. The third-order valence-electron chi connectivity index (χ3n) is 2.58. The minimum atomic E-state index is -0.516. The van der Waals surface area contributed by atoms with Gasteiger partial charge in [0.25, 0.3) is 0 Å². The van der Waals surface area contributed by atoms with Gasteiger partial charge in [-0.25, -0.2) is 4.79 Å². The Balaban J connectivity index is 2.47. The normalized spacial score (nSPS) is 11.6. The Bertz CT molecular complexity index is 625. The number of carbonyl (C=O) groups is 1. The summed E-state index contributed by atoms with van der Waals surface area (Å²) < 4.78 is 12.9. The maximum atomic E-state index is 12.1. The highest BCUT2D eigenvalue weighted by Crippen LogP contribution is 2.33. The summed E-state index contributed by atoms with van der Waals surface area (Å²) in [5.74, 6) is 0.731. The van der Waals surface area contributed by atoms with E-state index in [2.05, 4.69) is 15.9 Å². The van der Waals surface area contributed by atoms with Crippen molar-refractivity contribution in [1.29, 1.82) is 0 Å². The molecule has 1 aromatic carbocycles. The number of fused-ring (bicyclic) bond motifs is 1. The first-order valence-corrected chi connectivity index (χ1v) is 6.69. The Morgan fingerprint density at radius 2 is 1.95 bits per heavy atom. The van der Waals surface area contributed by atoms with E-state index in [1.54, 1.807) is 13.3 Å². The number of carbonyl (C=O) groups excluding carboxylic acids is 1. The second kappa shape index (κ2) is 4.89. The van der Waals surface area contributed by atoms with Gasteiger partial charge in [0, 0.05) is 11.6 Å². The summed E-state index contributed by atoms with van der Waals surface area (Å²) in [6.45, 7) is 5.53. The van der Waals surface area contributed by atoms with Gasteiger partial charge in [-0.15, -0.1) is 0 Å². The molecule has 1 aromatic heterocycles. The zero-order valence-electron chi connectivity index (χ0n) is 11.4. The summed E-state index contributed by atoms with van der Waals surface area (Å²) in [5, 5.41) is 0.908. The van der Waals surface area contributed by atoms with Gasteiger partial charge < -0.3 is 9.47 Å². The molecule has 0 radical (unpaired) electrons. The van der Waals surface area contributed by atoms with Crippen LogP contribution in [0.5, 0.6) is 5.75 Å². The number of methoxy groups -OCH3 is 1. The first kappa shape index (κ1) is 13.9. The van der Waals surface area contributed by atoms with Crippen molar-refractivity contribution in [2.24, 2.45) is 0 Å². The molecule has 0 unspecified atom stereocenters. The molecule has 0 aliphatic heterocycles. The minimum absolute atomic E-state index is 0.389. The molecule has 102 valence electrons. The number of benzene rings is 1. The van der Waals surface area contributed by atoms with Crippen LogP contribution in [0.4, 0.5) is 4.79 Å². The lowest BCUT2D eigenvalue weighted by Gasteiger charge is -2.19. The van der Waals surface area contributed by atoms with Crippen molar-refractivity contribution in [1.82, 2.24) is 4.57 Å². The van der Waals surface area contributed by atoms with Gasteiger partial charge in [-0.2, -0.15) is 0 Å².